The Kier molecular flexibility index (Phi) is 6.44. The van der Waals surface area contributed by atoms with Gasteiger partial charge in [0, 0.05) is 20.0 Å². The molecule has 128 valence electrons. The van der Waals surface area contributed by atoms with Crippen LogP contribution in [-0.2, 0) is 15.8 Å². The third-order valence-electron chi connectivity index (χ3n) is 3.35. The van der Waals surface area contributed by atoms with E-state index in [1.165, 1.54) is 11.8 Å². The molecule has 0 atom stereocenters. The zero-order chi connectivity index (χ0) is 17.8. The molecule has 0 aliphatic heterocycles. The SMILES string of the molecule is CCN(CC)C(=O)CN(C(C)=O)c1cc(C(F)(F)F)ccc1Cl. The monoisotopic (exact) mass is 350 g/mol. The van der Waals surface area contributed by atoms with Crippen LogP contribution in [0.15, 0.2) is 18.2 Å². The van der Waals surface area contributed by atoms with Crippen LogP contribution in [0.5, 0.6) is 0 Å². The van der Waals surface area contributed by atoms with Crippen LogP contribution in [0.2, 0.25) is 5.02 Å². The Morgan fingerprint density at radius 1 is 1.17 bits per heavy atom. The Labute approximate surface area is 137 Å². The average molecular weight is 351 g/mol. The molecule has 0 saturated carbocycles. The summed E-state index contributed by atoms with van der Waals surface area (Å²) in [6, 6.07) is 2.67. The Balaban J connectivity index is 3.21. The van der Waals surface area contributed by atoms with Gasteiger partial charge in [0.05, 0.1) is 16.3 Å². The summed E-state index contributed by atoms with van der Waals surface area (Å²) in [5.74, 6) is -0.926. The van der Waals surface area contributed by atoms with E-state index in [1.807, 2.05) is 0 Å². The number of anilines is 1. The molecule has 0 saturated heterocycles. The van der Waals surface area contributed by atoms with E-state index in [4.69, 9.17) is 11.6 Å². The quantitative estimate of drug-likeness (QED) is 0.814. The first-order chi connectivity index (χ1) is 10.6. The highest BCUT2D eigenvalue weighted by Gasteiger charge is 2.32. The molecule has 0 unspecified atom stereocenters. The van der Waals surface area contributed by atoms with Gasteiger partial charge in [0.1, 0.15) is 6.54 Å². The van der Waals surface area contributed by atoms with Gasteiger partial charge >= 0.3 is 6.18 Å². The van der Waals surface area contributed by atoms with Crippen LogP contribution in [0.4, 0.5) is 18.9 Å². The Morgan fingerprint density at radius 3 is 2.17 bits per heavy atom. The van der Waals surface area contributed by atoms with Gasteiger partial charge in [0.15, 0.2) is 0 Å². The molecule has 1 aromatic carbocycles. The molecular formula is C15H18ClF3N2O2. The van der Waals surface area contributed by atoms with Crippen molar-refractivity contribution in [2.75, 3.05) is 24.5 Å². The van der Waals surface area contributed by atoms with Crippen molar-refractivity contribution in [1.82, 2.24) is 4.90 Å². The molecule has 0 aromatic heterocycles. The van der Waals surface area contributed by atoms with Crippen LogP contribution in [-0.4, -0.2) is 36.3 Å². The third kappa shape index (κ3) is 4.86. The molecule has 1 rings (SSSR count). The maximum absolute atomic E-state index is 12.8. The van der Waals surface area contributed by atoms with Crippen molar-refractivity contribution in [3.63, 3.8) is 0 Å². The lowest BCUT2D eigenvalue weighted by Gasteiger charge is -2.26. The number of nitrogens with zero attached hydrogens (tertiary/aromatic N) is 2. The van der Waals surface area contributed by atoms with E-state index in [0.717, 1.165) is 23.1 Å². The standard InChI is InChI=1S/C15H18ClF3N2O2/c1-4-20(5-2)14(23)9-21(10(3)22)13-8-11(15(17,18)19)6-7-12(13)16/h6-8H,4-5,9H2,1-3H3. The first-order valence-electron chi connectivity index (χ1n) is 7.04. The second-order valence-corrected chi connectivity index (χ2v) is 5.24. The van der Waals surface area contributed by atoms with Gasteiger partial charge < -0.3 is 9.80 Å². The Hall–Kier alpha value is -1.76. The summed E-state index contributed by atoms with van der Waals surface area (Å²) in [5.41, 5.74) is -1.06. The first-order valence-corrected chi connectivity index (χ1v) is 7.42. The Bertz CT molecular complexity index is 587. The van der Waals surface area contributed by atoms with Gasteiger partial charge in [-0.15, -0.1) is 0 Å². The van der Waals surface area contributed by atoms with Crippen molar-refractivity contribution in [1.29, 1.82) is 0 Å². The summed E-state index contributed by atoms with van der Waals surface area (Å²) >= 11 is 5.93. The highest BCUT2D eigenvalue weighted by molar-refractivity contribution is 6.34. The van der Waals surface area contributed by atoms with Gasteiger partial charge in [-0.2, -0.15) is 13.2 Å². The summed E-state index contributed by atoms with van der Waals surface area (Å²) in [5, 5.41) is -0.0273. The van der Waals surface area contributed by atoms with Gasteiger partial charge in [0.25, 0.3) is 0 Å². The maximum atomic E-state index is 12.8. The average Bonchev–Trinajstić information content (AvgIpc) is 2.45. The molecule has 1 aromatic rings. The number of carbonyl (C=O) groups is 2. The molecule has 2 amide bonds. The molecule has 0 fully saturated rings. The summed E-state index contributed by atoms with van der Waals surface area (Å²) in [7, 11) is 0. The van der Waals surface area contributed by atoms with E-state index < -0.39 is 17.6 Å². The van der Waals surface area contributed by atoms with Crippen LogP contribution in [0, 0.1) is 0 Å². The van der Waals surface area contributed by atoms with Crippen LogP contribution >= 0.6 is 11.6 Å². The number of hydrogen-bond acceptors (Lipinski definition) is 2. The van der Waals surface area contributed by atoms with Crippen molar-refractivity contribution in [3.8, 4) is 0 Å². The third-order valence-corrected chi connectivity index (χ3v) is 3.67. The smallest absolute Gasteiger partial charge is 0.342 e. The number of amides is 2. The molecule has 23 heavy (non-hydrogen) atoms. The largest absolute Gasteiger partial charge is 0.416 e. The minimum atomic E-state index is -4.56. The maximum Gasteiger partial charge on any atom is 0.416 e. The number of halogens is 4. The Morgan fingerprint density at radius 2 is 1.74 bits per heavy atom. The topological polar surface area (TPSA) is 40.6 Å². The number of rotatable bonds is 5. The first kappa shape index (κ1) is 19.3. The summed E-state index contributed by atoms with van der Waals surface area (Å²) < 4.78 is 38.5. The fourth-order valence-electron chi connectivity index (χ4n) is 2.07. The lowest BCUT2D eigenvalue weighted by Crippen LogP contribution is -2.42. The van der Waals surface area contributed by atoms with Gasteiger partial charge in [0.2, 0.25) is 11.8 Å². The molecule has 0 heterocycles. The van der Waals surface area contributed by atoms with Crippen LogP contribution in [0.3, 0.4) is 0 Å². The van der Waals surface area contributed by atoms with Crippen LogP contribution < -0.4 is 4.90 Å². The second kappa shape index (κ2) is 7.68. The van der Waals surface area contributed by atoms with E-state index >= 15 is 0 Å². The molecule has 0 bridgehead atoms. The van der Waals surface area contributed by atoms with Gasteiger partial charge in [-0.05, 0) is 32.0 Å². The fraction of sp³-hybridized carbons (Fsp3) is 0.467. The highest BCUT2D eigenvalue weighted by Crippen LogP contribution is 2.35. The fourth-order valence-corrected chi connectivity index (χ4v) is 2.29. The summed E-state index contributed by atoms with van der Waals surface area (Å²) in [6.07, 6.45) is -4.56. The van der Waals surface area contributed by atoms with Gasteiger partial charge in [-0.1, -0.05) is 11.6 Å². The number of benzene rings is 1. The van der Waals surface area contributed by atoms with Crippen molar-refractivity contribution < 1.29 is 22.8 Å². The number of alkyl halides is 3. The number of hydrogen-bond donors (Lipinski definition) is 0. The predicted octanol–water partition coefficient (Wildman–Crippen LogP) is 3.58. The second-order valence-electron chi connectivity index (χ2n) is 4.84. The minimum Gasteiger partial charge on any atom is -0.342 e. The molecule has 0 aliphatic rings. The number of carbonyl (C=O) groups excluding carboxylic acids is 2. The lowest BCUT2D eigenvalue weighted by atomic mass is 10.1. The molecule has 0 spiro atoms. The zero-order valence-electron chi connectivity index (χ0n) is 13.1. The molecule has 0 aliphatic carbocycles. The predicted molar refractivity (Wildman–Crippen MR) is 82.4 cm³/mol. The highest BCUT2D eigenvalue weighted by atomic mass is 35.5. The normalized spacial score (nSPS) is 11.3. The molecular weight excluding hydrogens is 333 g/mol. The van der Waals surface area contributed by atoms with Crippen molar-refractivity contribution in [2.45, 2.75) is 26.9 Å². The molecule has 8 heteroatoms. The van der Waals surface area contributed by atoms with E-state index in [9.17, 15) is 22.8 Å². The van der Waals surface area contributed by atoms with Crippen molar-refractivity contribution in [3.05, 3.63) is 28.8 Å². The van der Waals surface area contributed by atoms with E-state index in [2.05, 4.69) is 0 Å². The van der Waals surface area contributed by atoms with Gasteiger partial charge in [-0.3, -0.25) is 9.59 Å². The van der Waals surface area contributed by atoms with E-state index in [0.29, 0.717) is 13.1 Å². The van der Waals surface area contributed by atoms with Crippen LogP contribution in [0.1, 0.15) is 26.3 Å². The van der Waals surface area contributed by atoms with Crippen LogP contribution in [0.25, 0.3) is 0 Å². The van der Waals surface area contributed by atoms with E-state index in [1.54, 1.807) is 13.8 Å². The summed E-state index contributed by atoms with van der Waals surface area (Å²) in [6.45, 7) is 5.24. The van der Waals surface area contributed by atoms with Crippen molar-refractivity contribution >= 4 is 29.1 Å². The summed E-state index contributed by atoms with van der Waals surface area (Å²) in [4.78, 5) is 26.4. The minimum absolute atomic E-state index is 0.0273. The number of likely N-dealkylation sites (N-methyl/N-ethyl adjacent to an activating group) is 1. The van der Waals surface area contributed by atoms with Crippen molar-refractivity contribution in [2.24, 2.45) is 0 Å². The zero-order valence-corrected chi connectivity index (χ0v) is 13.8. The molecule has 4 nitrogen and oxygen atoms in total. The lowest BCUT2D eigenvalue weighted by molar-refractivity contribution is -0.137. The van der Waals surface area contributed by atoms with E-state index in [-0.39, 0.29) is 23.2 Å². The van der Waals surface area contributed by atoms with Gasteiger partial charge in [-0.25, -0.2) is 0 Å². The molecule has 0 N–H and O–H groups in total. The molecule has 0 radical (unpaired) electrons.